The Labute approximate surface area is 222 Å². The Hall–Kier alpha value is -3.38. The van der Waals surface area contributed by atoms with Gasteiger partial charge in [-0.2, -0.15) is 5.10 Å². The molecule has 0 aliphatic heterocycles. The van der Waals surface area contributed by atoms with Crippen molar-refractivity contribution in [1.82, 2.24) is 5.43 Å². The minimum absolute atomic E-state index is 0.158. The largest absolute Gasteiger partial charge is 0.493 e. The average Bonchev–Trinajstić information content (AvgIpc) is 3.28. The summed E-state index contributed by atoms with van der Waals surface area (Å²) in [4.78, 5) is 23.4. The van der Waals surface area contributed by atoms with Crippen LogP contribution in [0, 0.1) is 3.57 Å². The van der Waals surface area contributed by atoms with Crippen LogP contribution in [-0.4, -0.2) is 30.3 Å². The lowest BCUT2D eigenvalue weighted by Gasteiger charge is -2.11. The Balaban J connectivity index is 1.39. The summed E-state index contributed by atoms with van der Waals surface area (Å²) < 4.78 is 18.7. The molecular formula is C25H18BrIN2O6. The molecule has 0 unspecified atom stereocenters. The lowest BCUT2D eigenvalue weighted by Crippen LogP contribution is -2.16. The molecule has 0 saturated carbocycles. The summed E-state index contributed by atoms with van der Waals surface area (Å²) in [7, 11) is 1.52. The molecule has 0 radical (unpaired) electrons. The van der Waals surface area contributed by atoms with E-state index < -0.39 is 11.9 Å². The molecule has 35 heavy (non-hydrogen) atoms. The Kier molecular flexibility index (Phi) is 7.71. The van der Waals surface area contributed by atoms with Gasteiger partial charge >= 0.3 is 11.9 Å². The first-order chi connectivity index (χ1) is 16.8. The number of carbonyl (C=O) groups excluding carboxylic acids is 1. The number of nitrogens with zero attached hydrogens (tertiary/aromatic N) is 1. The van der Waals surface area contributed by atoms with Crippen molar-refractivity contribution in [1.29, 1.82) is 0 Å². The van der Waals surface area contributed by atoms with E-state index in [1.807, 2.05) is 12.1 Å². The highest BCUT2D eigenvalue weighted by Crippen LogP contribution is 2.29. The third-order valence-corrected chi connectivity index (χ3v) is 6.18. The lowest BCUT2D eigenvalue weighted by atomic mass is 10.1. The molecule has 0 fully saturated rings. The molecule has 1 heterocycles. The van der Waals surface area contributed by atoms with Crippen LogP contribution in [0.3, 0.4) is 0 Å². The number of carboxylic acids is 1. The molecule has 0 aliphatic rings. The van der Waals surface area contributed by atoms with Crippen LogP contribution in [0.15, 0.2) is 74.7 Å². The van der Waals surface area contributed by atoms with E-state index in [-0.39, 0.29) is 17.9 Å². The van der Waals surface area contributed by atoms with Crippen LogP contribution in [0.1, 0.15) is 32.0 Å². The molecule has 0 spiro atoms. The summed E-state index contributed by atoms with van der Waals surface area (Å²) in [5, 5.41) is 13.8. The van der Waals surface area contributed by atoms with Gasteiger partial charge in [-0.3, -0.25) is 4.79 Å². The van der Waals surface area contributed by atoms with Crippen LogP contribution in [-0.2, 0) is 6.61 Å². The number of nitrogens with one attached hydrogen (secondary N) is 1. The van der Waals surface area contributed by atoms with Gasteiger partial charge in [0.1, 0.15) is 12.2 Å². The Morgan fingerprint density at radius 1 is 1.11 bits per heavy atom. The maximum Gasteiger partial charge on any atom is 0.335 e. The van der Waals surface area contributed by atoms with Crippen molar-refractivity contribution in [3.63, 3.8) is 0 Å². The molecule has 0 bridgehead atoms. The number of carbonyl (C=O) groups is 2. The zero-order chi connectivity index (χ0) is 24.9. The van der Waals surface area contributed by atoms with Crippen LogP contribution >= 0.6 is 38.5 Å². The summed E-state index contributed by atoms with van der Waals surface area (Å²) in [5.74, 6) is -0.289. The first kappa shape index (κ1) is 24.7. The molecule has 4 rings (SSSR count). The number of ether oxygens (including phenoxy) is 2. The summed E-state index contributed by atoms with van der Waals surface area (Å²) >= 11 is 5.58. The second-order valence-electron chi connectivity index (χ2n) is 7.32. The Bertz CT molecular complexity index is 1430. The van der Waals surface area contributed by atoms with E-state index in [2.05, 4.69) is 49.0 Å². The number of amides is 1. The molecule has 2 N–H and O–H groups in total. The molecule has 1 amide bonds. The third-order valence-electron chi connectivity index (χ3n) is 4.92. The molecule has 8 nitrogen and oxygen atoms in total. The van der Waals surface area contributed by atoms with Crippen LogP contribution < -0.4 is 14.9 Å². The van der Waals surface area contributed by atoms with Crippen molar-refractivity contribution in [3.8, 4) is 11.5 Å². The molecule has 1 aromatic heterocycles. The van der Waals surface area contributed by atoms with Crippen molar-refractivity contribution in [2.24, 2.45) is 5.10 Å². The second kappa shape index (κ2) is 10.9. The van der Waals surface area contributed by atoms with E-state index in [4.69, 9.17) is 19.0 Å². The van der Waals surface area contributed by atoms with Gasteiger partial charge in [0.2, 0.25) is 0 Å². The van der Waals surface area contributed by atoms with E-state index in [9.17, 15) is 9.59 Å². The number of carboxylic acid groups (broad SMARTS) is 1. The van der Waals surface area contributed by atoms with Crippen LogP contribution in [0.4, 0.5) is 0 Å². The maximum atomic E-state index is 12.4. The highest BCUT2D eigenvalue weighted by atomic mass is 127. The van der Waals surface area contributed by atoms with E-state index >= 15 is 0 Å². The maximum absolute atomic E-state index is 12.4. The summed E-state index contributed by atoms with van der Waals surface area (Å²) in [6, 6.07) is 17.1. The second-order valence-corrected chi connectivity index (χ2v) is 9.39. The van der Waals surface area contributed by atoms with Gasteiger partial charge in [-0.05, 0) is 82.2 Å². The number of hydrogen-bond acceptors (Lipinski definition) is 6. The van der Waals surface area contributed by atoms with Crippen molar-refractivity contribution < 1.29 is 28.6 Å². The van der Waals surface area contributed by atoms with E-state index in [1.54, 1.807) is 36.4 Å². The highest BCUT2D eigenvalue weighted by Gasteiger charge is 2.14. The number of fused-ring (bicyclic) bond motifs is 1. The number of halogens is 2. The van der Waals surface area contributed by atoms with E-state index in [0.717, 1.165) is 19.0 Å². The predicted molar refractivity (Wildman–Crippen MR) is 142 cm³/mol. The fraction of sp³-hybridized carbons (Fsp3) is 0.0800. The zero-order valence-electron chi connectivity index (χ0n) is 18.2. The number of furan rings is 1. The monoisotopic (exact) mass is 648 g/mol. The van der Waals surface area contributed by atoms with Gasteiger partial charge in [0.25, 0.3) is 0 Å². The quantitative estimate of drug-likeness (QED) is 0.141. The number of aromatic carboxylic acids is 1. The minimum Gasteiger partial charge on any atom is -0.493 e. The lowest BCUT2D eigenvalue weighted by molar-refractivity contribution is 0.0696. The SMILES string of the molecule is COc1cc(/C=N\NC(=O)c2cc3cc(Br)cc(I)c3o2)ccc1OCc1ccc(C(=O)O)cc1. The van der Waals surface area contributed by atoms with Gasteiger partial charge in [0.05, 0.1) is 22.5 Å². The topological polar surface area (TPSA) is 110 Å². The van der Waals surface area contributed by atoms with Gasteiger partial charge in [-0.25, -0.2) is 10.2 Å². The van der Waals surface area contributed by atoms with Gasteiger partial charge < -0.3 is 19.0 Å². The minimum atomic E-state index is -0.979. The fourth-order valence-corrected chi connectivity index (χ4v) is 4.86. The molecule has 10 heteroatoms. The smallest absolute Gasteiger partial charge is 0.335 e. The molecule has 0 aliphatic carbocycles. The average molecular weight is 649 g/mol. The number of methoxy groups -OCH3 is 1. The first-order valence-electron chi connectivity index (χ1n) is 10.2. The van der Waals surface area contributed by atoms with Gasteiger partial charge in [-0.15, -0.1) is 0 Å². The van der Waals surface area contributed by atoms with Crippen molar-refractivity contribution >= 4 is 67.6 Å². The third kappa shape index (κ3) is 6.01. The Morgan fingerprint density at radius 2 is 1.89 bits per heavy atom. The Morgan fingerprint density at radius 3 is 2.60 bits per heavy atom. The molecule has 178 valence electrons. The highest BCUT2D eigenvalue weighted by molar-refractivity contribution is 14.1. The van der Waals surface area contributed by atoms with Gasteiger partial charge in [0.15, 0.2) is 17.3 Å². The normalized spacial score (nSPS) is 11.1. The number of hydrazone groups is 1. The number of benzene rings is 3. The molecule has 4 aromatic rings. The van der Waals surface area contributed by atoms with Crippen LogP contribution in [0.25, 0.3) is 11.0 Å². The van der Waals surface area contributed by atoms with Crippen molar-refractivity contribution in [3.05, 3.63) is 91.2 Å². The van der Waals surface area contributed by atoms with Crippen molar-refractivity contribution in [2.75, 3.05) is 7.11 Å². The number of rotatable bonds is 8. The molecule has 0 atom stereocenters. The fourth-order valence-electron chi connectivity index (χ4n) is 3.20. The van der Waals surface area contributed by atoms with Crippen LogP contribution in [0.5, 0.6) is 11.5 Å². The standard InChI is InChI=1S/C25H18BrIN2O6/c1-33-21-8-15(4-7-20(21)34-13-14-2-5-16(6-3-14)25(31)32)12-28-29-24(30)22-10-17-9-18(26)11-19(27)23(17)35-22/h2-12H,13H2,1H3,(H,29,30)(H,31,32)/b28-12-. The summed E-state index contributed by atoms with van der Waals surface area (Å²) in [6.45, 7) is 0.243. The summed E-state index contributed by atoms with van der Waals surface area (Å²) in [5.41, 5.74) is 4.82. The summed E-state index contributed by atoms with van der Waals surface area (Å²) in [6.07, 6.45) is 1.48. The first-order valence-corrected chi connectivity index (χ1v) is 12.1. The molecule has 0 saturated heterocycles. The van der Waals surface area contributed by atoms with Crippen molar-refractivity contribution in [2.45, 2.75) is 6.61 Å². The predicted octanol–water partition coefficient (Wildman–Crippen LogP) is 5.85. The van der Waals surface area contributed by atoms with E-state index in [1.165, 1.54) is 25.5 Å². The number of hydrogen-bond donors (Lipinski definition) is 2. The van der Waals surface area contributed by atoms with Gasteiger partial charge in [-0.1, -0.05) is 28.1 Å². The molecular weight excluding hydrogens is 631 g/mol. The van der Waals surface area contributed by atoms with Gasteiger partial charge in [0, 0.05) is 9.86 Å². The zero-order valence-corrected chi connectivity index (χ0v) is 22.0. The van der Waals surface area contributed by atoms with E-state index in [0.29, 0.717) is 22.6 Å². The van der Waals surface area contributed by atoms with Crippen LogP contribution in [0.2, 0.25) is 0 Å². The molecule has 3 aromatic carbocycles.